The molecule has 3 rings (SSSR count). The van der Waals surface area contributed by atoms with Crippen LogP contribution in [0.2, 0.25) is 0 Å². The largest absolute Gasteiger partial charge is 0.573 e. The number of aliphatic hydroxyl groups excluding tert-OH is 1. The van der Waals surface area contributed by atoms with Crippen LogP contribution in [0, 0.1) is 6.92 Å². The van der Waals surface area contributed by atoms with Crippen molar-refractivity contribution in [2.45, 2.75) is 20.8 Å². The molecule has 6 nitrogen and oxygen atoms in total. The Hall–Kier alpha value is -2.50. The standard InChI is InChI=1S/C14H13N4.C5H8O2.Ir/c1-10-3-5-11(6-4-10)12-9-15-16-14(12)13-7-8-18(2)17-13;1-4(6)3-5(2)7;/h3-9H,1-2H3;3,6H,1-2H3;/q-1;;/b;4-3-;. The summed E-state index contributed by atoms with van der Waals surface area (Å²) >= 11 is 0. The monoisotopic (exact) mass is 530 g/mol. The van der Waals surface area contributed by atoms with Crippen molar-refractivity contribution in [2.24, 2.45) is 7.05 Å². The number of aromatic nitrogens is 4. The SMILES string of the molecule is CC(=O)/C=C(/C)O.Cc1ccc(-c2cn[n-]c2-c2ccn(C)n2)cc1.[Ir]. The van der Waals surface area contributed by atoms with Gasteiger partial charge in [0.05, 0.1) is 11.5 Å². The summed E-state index contributed by atoms with van der Waals surface area (Å²) in [5, 5.41) is 20.9. The summed E-state index contributed by atoms with van der Waals surface area (Å²) in [4.78, 5) is 10.0. The fraction of sp³-hybridized carbons (Fsp3) is 0.211. The number of ketones is 1. The second-order valence-corrected chi connectivity index (χ2v) is 5.74. The average Bonchev–Trinajstić information content (AvgIpc) is 3.15. The predicted molar refractivity (Wildman–Crippen MR) is 97.0 cm³/mol. The molecule has 139 valence electrons. The first kappa shape index (κ1) is 21.5. The van der Waals surface area contributed by atoms with E-state index in [2.05, 4.69) is 46.5 Å². The Morgan fingerprint density at radius 3 is 2.31 bits per heavy atom. The number of benzene rings is 1. The minimum atomic E-state index is -0.125. The van der Waals surface area contributed by atoms with Crippen LogP contribution in [0.4, 0.5) is 0 Å². The van der Waals surface area contributed by atoms with Crippen molar-refractivity contribution < 1.29 is 30.0 Å². The Morgan fingerprint density at radius 1 is 1.19 bits per heavy atom. The van der Waals surface area contributed by atoms with E-state index >= 15 is 0 Å². The van der Waals surface area contributed by atoms with Gasteiger partial charge in [0, 0.05) is 45.6 Å². The number of allylic oxidation sites excluding steroid dienone is 2. The molecule has 1 aromatic carbocycles. The smallest absolute Gasteiger partial charge is 0.155 e. The van der Waals surface area contributed by atoms with E-state index in [1.807, 2.05) is 19.3 Å². The molecule has 0 aliphatic rings. The van der Waals surface area contributed by atoms with E-state index in [-0.39, 0.29) is 31.6 Å². The molecule has 1 radical (unpaired) electrons. The molecular weight excluding hydrogens is 508 g/mol. The van der Waals surface area contributed by atoms with E-state index in [9.17, 15) is 4.79 Å². The van der Waals surface area contributed by atoms with Crippen LogP contribution in [0.25, 0.3) is 22.5 Å². The van der Waals surface area contributed by atoms with Gasteiger partial charge in [0.2, 0.25) is 0 Å². The number of hydrogen-bond acceptors (Lipinski definition) is 4. The van der Waals surface area contributed by atoms with Gasteiger partial charge >= 0.3 is 0 Å². The summed E-state index contributed by atoms with van der Waals surface area (Å²) in [7, 11) is 1.89. The number of aliphatic hydroxyl groups is 1. The molecular formula is C19H21IrN4O2-. The Balaban J connectivity index is 0.000000366. The maximum atomic E-state index is 10.0. The van der Waals surface area contributed by atoms with Crippen LogP contribution >= 0.6 is 0 Å². The normalized spacial score (nSPS) is 10.5. The van der Waals surface area contributed by atoms with Crippen molar-refractivity contribution in [2.75, 3.05) is 0 Å². The van der Waals surface area contributed by atoms with Crippen molar-refractivity contribution in [3.05, 3.63) is 60.1 Å². The van der Waals surface area contributed by atoms with Gasteiger partial charge in [0.15, 0.2) is 5.78 Å². The van der Waals surface area contributed by atoms with Gasteiger partial charge in [-0.15, -0.1) is 0 Å². The summed E-state index contributed by atoms with van der Waals surface area (Å²) in [6, 6.07) is 10.3. The van der Waals surface area contributed by atoms with Gasteiger partial charge < -0.3 is 15.3 Å². The first-order chi connectivity index (χ1) is 11.9. The van der Waals surface area contributed by atoms with Gasteiger partial charge in [-0.25, -0.2) is 0 Å². The first-order valence-electron chi connectivity index (χ1n) is 7.80. The average molecular weight is 530 g/mol. The molecule has 0 bridgehead atoms. The fourth-order valence-electron chi connectivity index (χ4n) is 2.23. The molecule has 2 aromatic heterocycles. The predicted octanol–water partition coefficient (Wildman–Crippen LogP) is 3.45. The number of aryl methyl sites for hydroxylation is 2. The number of rotatable bonds is 3. The molecule has 0 atom stereocenters. The minimum absolute atomic E-state index is 0. The van der Waals surface area contributed by atoms with E-state index < -0.39 is 0 Å². The van der Waals surface area contributed by atoms with Crippen LogP contribution in [0.15, 0.2) is 54.6 Å². The van der Waals surface area contributed by atoms with Crippen LogP contribution in [-0.4, -0.2) is 25.8 Å². The van der Waals surface area contributed by atoms with Gasteiger partial charge in [-0.05, 0) is 38.0 Å². The van der Waals surface area contributed by atoms with Crippen molar-refractivity contribution in [1.82, 2.24) is 20.0 Å². The van der Waals surface area contributed by atoms with Gasteiger partial charge in [-0.2, -0.15) is 5.10 Å². The summed E-state index contributed by atoms with van der Waals surface area (Å²) in [5.41, 5.74) is 5.07. The van der Waals surface area contributed by atoms with Crippen molar-refractivity contribution in [3.8, 4) is 22.5 Å². The molecule has 1 N–H and O–H groups in total. The van der Waals surface area contributed by atoms with Crippen LogP contribution in [0.5, 0.6) is 0 Å². The summed E-state index contributed by atoms with van der Waals surface area (Å²) in [5.74, 6) is -0.0625. The van der Waals surface area contributed by atoms with Crippen molar-refractivity contribution in [3.63, 3.8) is 0 Å². The van der Waals surface area contributed by atoms with Crippen LogP contribution in [-0.2, 0) is 31.9 Å². The fourth-order valence-corrected chi connectivity index (χ4v) is 2.23. The van der Waals surface area contributed by atoms with Crippen LogP contribution < -0.4 is 5.10 Å². The van der Waals surface area contributed by atoms with Crippen LogP contribution in [0.3, 0.4) is 0 Å². The number of hydrogen-bond donors (Lipinski definition) is 1. The molecule has 26 heavy (non-hydrogen) atoms. The first-order valence-corrected chi connectivity index (χ1v) is 7.80. The van der Waals surface area contributed by atoms with Gasteiger partial charge in [0.1, 0.15) is 0 Å². The molecule has 0 saturated carbocycles. The van der Waals surface area contributed by atoms with Crippen molar-refractivity contribution >= 4 is 5.78 Å². The molecule has 2 heterocycles. The quantitative estimate of drug-likeness (QED) is 0.415. The molecule has 0 unspecified atom stereocenters. The second-order valence-electron chi connectivity index (χ2n) is 5.74. The number of nitrogens with zero attached hydrogens (tertiary/aromatic N) is 4. The maximum Gasteiger partial charge on any atom is 0.155 e. The second kappa shape index (κ2) is 9.85. The molecule has 0 amide bonds. The van der Waals surface area contributed by atoms with Gasteiger partial charge in [0.25, 0.3) is 0 Å². The molecule has 3 aromatic rings. The van der Waals surface area contributed by atoms with E-state index in [1.165, 1.54) is 25.5 Å². The molecule has 0 aliphatic heterocycles. The zero-order chi connectivity index (χ0) is 18.4. The molecule has 0 fully saturated rings. The molecule has 7 heteroatoms. The maximum absolute atomic E-state index is 10.0. The zero-order valence-electron chi connectivity index (χ0n) is 15.1. The number of carbonyl (C=O) groups is 1. The summed E-state index contributed by atoms with van der Waals surface area (Å²) < 4.78 is 1.77. The Kier molecular flexibility index (Phi) is 8.16. The third kappa shape index (κ3) is 6.10. The van der Waals surface area contributed by atoms with Gasteiger partial charge in [-0.1, -0.05) is 35.5 Å². The third-order valence-corrected chi connectivity index (χ3v) is 3.33. The topological polar surface area (TPSA) is 82.1 Å². The summed E-state index contributed by atoms with van der Waals surface area (Å²) in [6.45, 7) is 4.92. The molecule has 0 saturated heterocycles. The third-order valence-electron chi connectivity index (χ3n) is 3.33. The van der Waals surface area contributed by atoms with Crippen LogP contribution in [0.1, 0.15) is 19.4 Å². The van der Waals surface area contributed by atoms with E-state index in [1.54, 1.807) is 10.9 Å². The number of carbonyl (C=O) groups excluding carboxylic acids is 1. The molecule has 0 aliphatic carbocycles. The summed E-state index contributed by atoms with van der Waals surface area (Å²) in [6.07, 6.45) is 4.86. The van der Waals surface area contributed by atoms with Crippen molar-refractivity contribution in [1.29, 1.82) is 0 Å². The van der Waals surface area contributed by atoms with Gasteiger partial charge in [-0.3, -0.25) is 9.48 Å². The van der Waals surface area contributed by atoms with E-state index in [0.717, 1.165) is 22.5 Å². The van der Waals surface area contributed by atoms with E-state index in [4.69, 9.17) is 5.11 Å². The van der Waals surface area contributed by atoms with E-state index in [0.29, 0.717) is 0 Å². The zero-order valence-corrected chi connectivity index (χ0v) is 17.5. The Labute approximate surface area is 166 Å². The Morgan fingerprint density at radius 2 is 1.85 bits per heavy atom. The molecule has 0 spiro atoms. The Bertz CT molecular complexity index is 875. The minimum Gasteiger partial charge on any atom is -0.573 e.